The summed E-state index contributed by atoms with van der Waals surface area (Å²) in [6.07, 6.45) is 11.7. The standard InChI is InChI=1S/C16H29NO2/c1-2-8-16(9-3-1,13-17-15-4-5-15)19-12-14-6-10-18-11-7-14/h14-15,17H,1-13H2. The maximum atomic E-state index is 6.47. The van der Waals surface area contributed by atoms with E-state index in [2.05, 4.69) is 5.32 Å². The minimum atomic E-state index is 0.152. The van der Waals surface area contributed by atoms with Crippen molar-refractivity contribution in [3.63, 3.8) is 0 Å². The molecular weight excluding hydrogens is 238 g/mol. The van der Waals surface area contributed by atoms with E-state index < -0.39 is 0 Å². The minimum Gasteiger partial charge on any atom is -0.381 e. The van der Waals surface area contributed by atoms with Crippen LogP contribution in [0.15, 0.2) is 0 Å². The van der Waals surface area contributed by atoms with Gasteiger partial charge in [-0.25, -0.2) is 0 Å². The third kappa shape index (κ3) is 4.17. The van der Waals surface area contributed by atoms with E-state index in [0.717, 1.165) is 38.3 Å². The molecule has 3 fully saturated rings. The molecule has 1 N–H and O–H groups in total. The van der Waals surface area contributed by atoms with Crippen molar-refractivity contribution in [2.45, 2.75) is 69.4 Å². The van der Waals surface area contributed by atoms with Crippen molar-refractivity contribution in [2.75, 3.05) is 26.4 Å². The molecule has 3 aliphatic rings. The van der Waals surface area contributed by atoms with Crippen LogP contribution in [0.3, 0.4) is 0 Å². The van der Waals surface area contributed by atoms with Crippen LogP contribution in [0.2, 0.25) is 0 Å². The van der Waals surface area contributed by atoms with Gasteiger partial charge in [0.15, 0.2) is 0 Å². The zero-order valence-corrected chi connectivity index (χ0v) is 12.2. The lowest BCUT2D eigenvalue weighted by molar-refractivity contribution is -0.0930. The number of rotatable bonds is 6. The third-order valence-corrected chi connectivity index (χ3v) is 5.02. The fraction of sp³-hybridized carbons (Fsp3) is 1.00. The van der Waals surface area contributed by atoms with Gasteiger partial charge in [0.05, 0.1) is 12.2 Å². The SMILES string of the molecule is C1CCC(CNC2CC2)(OCC2CCOCC2)CC1. The highest BCUT2D eigenvalue weighted by molar-refractivity contribution is 4.91. The quantitative estimate of drug-likeness (QED) is 0.802. The number of hydrogen-bond donors (Lipinski definition) is 1. The lowest BCUT2D eigenvalue weighted by Crippen LogP contribution is -2.46. The van der Waals surface area contributed by atoms with Crippen molar-refractivity contribution in [3.05, 3.63) is 0 Å². The maximum absolute atomic E-state index is 6.47. The molecule has 0 aromatic heterocycles. The lowest BCUT2D eigenvalue weighted by atomic mass is 9.84. The van der Waals surface area contributed by atoms with E-state index in [0.29, 0.717) is 0 Å². The molecule has 0 atom stereocenters. The molecule has 0 spiro atoms. The van der Waals surface area contributed by atoms with Gasteiger partial charge in [0.2, 0.25) is 0 Å². The van der Waals surface area contributed by atoms with Crippen LogP contribution in [0.4, 0.5) is 0 Å². The monoisotopic (exact) mass is 267 g/mol. The Kier molecular flexibility index (Phi) is 4.78. The Morgan fingerprint density at radius 3 is 2.42 bits per heavy atom. The Balaban J connectivity index is 1.48. The van der Waals surface area contributed by atoms with E-state index in [1.165, 1.54) is 57.8 Å². The highest BCUT2D eigenvalue weighted by Gasteiger charge is 2.35. The van der Waals surface area contributed by atoms with Gasteiger partial charge in [-0.1, -0.05) is 19.3 Å². The second-order valence-electron chi connectivity index (χ2n) is 6.77. The summed E-state index contributed by atoms with van der Waals surface area (Å²) in [5.41, 5.74) is 0.152. The van der Waals surface area contributed by atoms with E-state index in [1.54, 1.807) is 0 Å². The first-order valence-corrected chi connectivity index (χ1v) is 8.31. The van der Waals surface area contributed by atoms with Crippen molar-refractivity contribution in [1.82, 2.24) is 5.32 Å². The second kappa shape index (κ2) is 6.55. The van der Waals surface area contributed by atoms with Crippen LogP contribution in [0.1, 0.15) is 57.8 Å². The molecule has 3 heteroatoms. The van der Waals surface area contributed by atoms with E-state index in [-0.39, 0.29) is 5.60 Å². The summed E-state index contributed by atoms with van der Waals surface area (Å²) < 4.78 is 11.9. The largest absolute Gasteiger partial charge is 0.381 e. The molecule has 3 rings (SSSR count). The fourth-order valence-electron chi connectivity index (χ4n) is 3.39. The van der Waals surface area contributed by atoms with Crippen LogP contribution in [0.5, 0.6) is 0 Å². The molecule has 0 aromatic rings. The minimum absolute atomic E-state index is 0.152. The number of ether oxygens (including phenoxy) is 2. The molecule has 1 heterocycles. The first kappa shape index (κ1) is 13.8. The summed E-state index contributed by atoms with van der Waals surface area (Å²) in [5.74, 6) is 0.730. The van der Waals surface area contributed by atoms with E-state index in [9.17, 15) is 0 Å². The molecule has 0 aromatic carbocycles. The second-order valence-corrected chi connectivity index (χ2v) is 6.77. The molecular formula is C16H29NO2. The molecule has 0 radical (unpaired) electrons. The van der Waals surface area contributed by atoms with Crippen LogP contribution >= 0.6 is 0 Å². The van der Waals surface area contributed by atoms with Gasteiger partial charge < -0.3 is 14.8 Å². The molecule has 3 nitrogen and oxygen atoms in total. The van der Waals surface area contributed by atoms with Gasteiger partial charge in [0.25, 0.3) is 0 Å². The topological polar surface area (TPSA) is 30.5 Å². The Bertz CT molecular complexity index is 266. The lowest BCUT2D eigenvalue weighted by Gasteiger charge is -2.39. The molecule has 0 amide bonds. The smallest absolute Gasteiger partial charge is 0.0806 e. The number of hydrogen-bond acceptors (Lipinski definition) is 3. The fourth-order valence-corrected chi connectivity index (χ4v) is 3.39. The molecule has 0 unspecified atom stereocenters. The zero-order chi connectivity index (χ0) is 13.0. The van der Waals surface area contributed by atoms with Crippen LogP contribution in [-0.2, 0) is 9.47 Å². The van der Waals surface area contributed by atoms with Gasteiger partial charge >= 0.3 is 0 Å². The van der Waals surface area contributed by atoms with Crippen molar-refractivity contribution in [1.29, 1.82) is 0 Å². The van der Waals surface area contributed by atoms with Crippen LogP contribution in [0.25, 0.3) is 0 Å². The van der Waals surface area contributed by atoms with Gasteiger partial charge in [-0.2, -0.15) is 0 Å². The predicted molar refractivity (Wildman–Crippen MR) is 76.3 cm³/mol. The summed E-state index contributed by atoms with van der Waals surface area (Å²) >= 11 is 0. The summed E-state index contributed by atoms with van der Waals surface area (Å²) in [7, 11) is 0. The normalized spacial score (nSPS) is 28.4. The first-order valence-electron chi connectivity index (χ1n) is 8.31. The number of nitrogens with one attached hydrogen (secondary N) is 1. The Labute approximate surface area is 117 Å². The summed E-state index contributed by atoms with van der Waals surface area (Å²) in [6, 6.07) is 0.797. The predicted octanol–water partition coefficient (Wildman–Crippen LogP) is 2.88. The van der Waals surface area contributed by atoms with Gasteiger partial charge in [0, 0.05) is 25.8 Å². The maximum Gasteiger partial charge on any atom is 0.0806 e. The highest BCUT2D eigenvalue weighted by atomic mass is 16.5. The van der Waals surface area contributed by atoms with Crippen molar-refractivity contribution >= 4 is 0 Å². The van der Waals surface area contributed by atoms with Gasteiger partial charge in [0.1, 0.15) is 0 Å². The first-order chi connectivity index (χ1) is 9.36. The van der Waals surface area contributed by atoms with Gasteiger partial charge in [-0.15, -0.1) is 0 Å². The molecule has 19 heavy (non-hydrogen) atoms. The molecule has 110 valence electrons. The van der Waals surface area contributed by atoms with Gasteiger partial charge in [-0.05, 0) is 44.4 Å². The average molecular weight is 267 g/mol. The van der Waals surface area contributed by atoms with Crippen LogP contribution in [0, 0.1) is 5.92 Å². The molecule has 1 saturated heterocycles. The van der Waals surface area contributed by atoms with Gasteiger partial charge in [-0.3, -0.25) is 0 Å². The molecule has 2 aliphatic carbocycles. The van der Waals surface area contributed by atoms with Crippen LogP contribution in [-0.4, -0.2) is 38.0 Å². The summed E-state index contributed by atoms with van der Waals surface area (Å²) in [5, 5.41) is 3.71. The molecule has 2 saturated carbocycles. The third-order valence-electron chi connectivity index (χ3n) is 5.02. The molecule has 1 aliphatic heterocycles. The van der Waals surface area contributed by atoms with E-state index in [1.807, 2.05) is 0 Å². The van der Waals surface area contributed by atoms with Crippen LogP contribution < -0.4 is 5.32 Å². The Morgan fingerprint density at radius 1 is 1.00 bits per heavy atom. The zero-order valence-electron chi connectivity index (χ0n) is 12.2. The van der Waals surface area contributed by atoms with E-state index in [4.69, 9.17) is 9.47 Å². The summed E-state index contributed by atoms with van der Waals surface area (Å²) in [6.45, 7) is 3.90. The average Bonchev–Trinajstić information content (AvgIpc) is 3.30. The highest BCUT2D eigenvalue weighted by Crippen LogP contribution is 2.33. The Hall–Kier alpha value is -0.120. The molecule has 0 bridgehead atoms. The van der Waals surface area contributed by atoms with Crippen molar-refractivity contribution in [3.8, 4) is 0 Å². The Morgan fingerprint density at radius 2 is 1.74 bits per heavy atom. The van der Waals surface area contributed by atoms with E-state index >= 15 is 0 Å². The summed E-state index contributed by atoms with van der Waals surface area (Å²) in [4.78, 5) is 0. The van der Waals surface area contributed by atoms with Crippen molar-refractivity contribution < 1.29 is 9.47 Å². The van der Waals surface area contributed by atoms with Crippen molar-refractivity contribution in [2.24, 2.45) is 5.92 Å².